The predicted octanol–water partition coefficient (Wildman–Crippen LogP) is 2.05. The number of nitrogens with zero attached hydrogens (tertiary/aromatic N) is 1. The van der Waals surface area contributed by atoms with Crippen LogP contribution < -0.4 is 16.4 Å². The number of hydrogen-bond acceptors (Lipinski definition) is 5. The van der Waals surface area contributed by atoms with Crippen LogP contribution in [-0.2, 0) is 6.42 Å². The smallest absolute Gasteiger partial charge is 0.257 e. The summed E-state index contributed by atoms with van der Waals surface area (Å²) in [5.74, 6) is 0.0571. The summed E-state index contributed by atoms with van der Waals surface area (Å²) >= 11 is 1.21. The lowest BCUT2D eigenvalue weighted by Gasteiger charge is -2.07. The first-order valence-electron chi connectivity index (χ1n) is 6.38. The monoisotopic (exact) mass is 290 g/mol. The van der Waals surface area contributed by atoms with Gasteiger partial charge in [0.15, 0.2) is 5.82 Å². The van der Waals surface area contributed by atoms with Crippen LogP contribution >= 0.6 is 11.5 Å². The van der Waals surface area contributed by atoms with Crippen LogP contribution in [0, 0.1) is 6.92 Å². The van der Waals surface area contributed by atoms with Gasteiger partial charge in [0.1, 0.15) is 10.6 Å². The number of aromatic nitrogens is 1. The number of nitrogen functional groups attached to an aromatic ring is 1. The highest BCUT2D eigenvalue weighted by Gasteiger charge is 2.17. The van der Waals surface area contributed by atoms with Crippen molar-refractivity contribution in [2.45, 2.75) is 13.3 Å². The van der Waals surface area contributed by atoms with Crippen LogP contribution in [-0.4, -0.2) is 23.9 Å². The zero-order chi connectivity index (χ0) is 14.5. The normalized spacial score (nSPS) is 10.3. The number of hydrogen-bond donors (Lipinski definition) is 3. The average Bonchev–Trinajstić information content (AvgIpc) is 2.79. The molecule has 2 rings (SSSR count). The van der Waals surface area contributed by atoms with E-state index in [4.69, 9.17) is 5.73 Å². The Hall–Kier alpha value is -2.08. The average molecular weight is 290 g/mol. The van der Waals surface area contributed by atoms with E-state index in [1.54, 1.807) is 7.05 Å². The summed E-state index contributed by atoms with van der Waals surface area (Å²) in [5.41, 5.74) is 8.66. The number of carbonyl (C=O) groups excluding carboxylic acids is 1. The molecule has 0 spiro atoms. The van der Waals surface area contributed by atoms with E-state index >= 15 is 0 Å². The van der Waals surface area contributed by atoms with E-state index in [9.17, 15) is 4.79 Å². The van der Waals surface area contributed by atoms with Crippen molar-refractivity contribution in [2.75, 3.05) is 24.6 Å². The maximum atomic E-state index is 11.7. The third-order valence-electron chi connectivity index (χ3n) is 2.95. The van der Waals surface area contributed by atoms with Gasteiger partial charge in [-0.1, -0.05) is 29.8 Å². The third kappa shape index (κ3) is 3.27. The van der Waals surface area contributed by atoms with E-state index in [2.05, 4.69) is 40.1 Å². The van der Waals surface area contributed by atoms with E-state index in [0.29, 0.717) is 5.56 Å². The van der Waals surface area contributed by atoms with Gasteiger partial charge in [0, 0.05) is 13.6 Å². The zero-order valence-corrected chi connectivity index (χ0v) is 12.4. The zero-order valence-electron chi connectivity index (χ0n) is 11.6. The predicted molar refractivity (Wildman–Crippen MR) is 83.3 cm³/mol. The van der Waals surface area contributed by atoms with Gasteiger partial charge in [0.2, 0.25) is 0 Å². The minimum Gasteiger partial charge on any atom is -0.382 e. The Morgan fingerprint density at radius 3 is 2.95 bits per heavy atom. The van der Waals surface area contributed by atoms with Gasteiger partial charge in [0.05, 0.1) is 0 Å². The minimum absolute atomic E-state index is 0.214. The molecule has 0 unspecified atom stereocenters. The Morgan fingerprint density at radius 2 is 2.25 bits per heavy atom. The van der Waals surface area contributed by atoms with Gasteiger partial charge in [0.25, 0.3) is 5.91 Å². The van der Waals surface area contributed by atoms with Crippen molar-refractivity contribution < 1.29 is 4.79 Å². The number of anilines is 2. The summed E-state index contributed by atoms with van der Waals surface area (Å²) < 4.78 is 4.02. The molecular weight excluding hydrogens is 272 g/mol. The van der Waals surface area contributed by atoms with Gasteiger partial charge in [-0.15, -0.1) is 0 Å². The van der Waals surface area contributed by atoms with E-state index in [1.165, 1.54) is 22.7 Å². The van der Waals surface area contributed by atoms with Crippen LogP contribution in [0.1, 0.15) is 21.5 Å². The number of nitrogens with one attached hydrogen (secondary N) is 2. The standard InChI is InChI=1S/C14H18N4OS/c1-9-4-3-5-10(8-9)6-7-17-14-11(13(19)16-2)12(15)18-20-14/h3-5,8,17H,6-7H2,1-2H3,(H2,15,18)(H,16,19). The Bertz CT molecular complexity index is 609. The highest BCUT2D eigenvalue weighted by Crippen LogP contribution is 2.26. The molecule has 0 saturated carbocycles. The minimum atomic E-state index is -0.214. The van der Waals surface area contributed by atoms with Gasteiger partial charge >= 0.3 is 0 Å². The van der Waals surface area contributed by atoms with E-state index in [0.717, 1.165) is 18.0 Å². The highest BCUT2D eigenvalue weighted by atomic mass is 32.1. The SMILES string of the molecule is CNC(=O)c1c(N)nsc1NCCc1cccc(C)c1. The molecule has 6 heteroatoms. The van der Waals surface area contributed by atoms with Crippen molar-refractivity contribution in [1.29, 1.82) is 0 Å². The molecule has 1 amide bonds. The first-order valence-corrected chi connectivity index (χ1v) is 7.15. The summed E-state index contributed by atoms with van der Waals surface area (Å²) in [5, 5.41) is 6.52. The maximum absolute atomic E-state index is 11.7. The van der Waals surface area contributed by atoms with Crippen molar-refractivity contribution in [1.82, 2.24) is 9.69 Å². The molecule has 0 aliphatic rings. The van der Waals surface area contributed by atoms with Crippen molar-refractivity contribution in [3.8, 4) is 0 Å². The number of rotatable bonds is 5. The molecule has 2 aromatic rings. The lowest BCUT2D eigenvalue weighted by molar-refractivity contribution is 0.0965. The number of benzene rings is 1. The van der Waals surface area contributed by atoms with Crippen molar-refractivity contribution in [3.05, 3.63) is 41.0 Å². The topological polar surface area (TPSA) is 80.0 Å². The van der Waals surface area contributed by atoms with Crippen LogP contribution in [0.25, 0.3) is 0 Å². The number of nitrogens with two attached hydrogens (primary N) is 1. The van der Waals surface area contributed by atoms with Gasteiger partial charge in [-0.3, -0.25) is 4.79 Å². The number of carbonyl (C=O) groups is 1. The molecule has 106 valence electrons. The van der Waals surface area contributed by atoms with Crippen molar-refractivity contribution in [2.24, 2.45) is 0 Å². The molecule has 0 radical (unpaired) electrons. The van der Waals surface area contributed by atoms with Crippen molar-refractivity contribution >= 4 is 28.3 Å². The fourth-order valence-corrected chi connectivity index (χ4v) is 2.69. The molecule has 20 heavy (non-hydrogen) atoms. The summed E-state index contributed by atoms with van der Waals surface area (Å²) in [6.07, 6.45) is 0.882. The van der Waals surface area contributed by atoms with Crippen LogP contribution in [0.2, 0.25) is 0 Å². The summed E-state index contributed by atoms with van der Waals surface area (Å²) in [4.78, 5) is 11.7. The van der Waals surface area contributed by atoms with Gasteiger partial charge in [-0.25, -0.2) is 0 Å². The van der Waals surface area contributed by atoms with Gasteiger partial charge in [-0.2, -0.15) is 4.37 Å². The second-order valence-electron chi connectivity index (χ2n) is 4.52. The fraction of sp³-hybridized carbons (Fsp3) is 0.286. The molecular formula is C14H18N4OS. The molecule has 5 nitrogen and oxygen atoms in total. The van der Waals surface area contributed by atoms with E-state index < -0.39 is 0 Å². The van der Waals surface area contributed by atoms with Crippen LogP contribution in [0.15, 0.2) is 24.3 Å². The van der Waals surface area contributed by atoms with Crippen molar-refractivity contribution in [3.63, 3.8) is 0 Å². The highest BCUT2D eigenvalue weighted by molar-refractivity contribution is 7.11. The van der Waals surface area contributed by atoms with Crippen LogP contribution in [0.4, 0.5) is 10.8 Å². The molecule has 1 aromatic heterocycles. The quantitative estimate of drug-likeness (QED) is 0.787. The Balaban J connectivity index is 1.99. The lowest BCUT2D eigenvalue weighted by Crippen LogP contribution is -2.20. The number of aryl methyl sites for hydroxylation is 1. The molecule has 0 aliphatic carbocycles. The summed E-state index contributed by atoms with van der Waals surface area (Å²) in [7, 11) is 1.58. The second kappa shape index (κ2) is 6.38. The molecule has 1 aromatic carbocycles. The van der Waals surface area contributed by atoms with Crippen LogP contribution in [0.5, 0.6) is 0 Å². The maximum Gasteiger partial charge on any atom is 0.257 e. The second-order valence-corrected chi connectivity index (χ2v) is 5.29. The molecule has 0 saturated heterocycles. The van der Waals surface area contributed by atoms with Gasteiger partial charge in [-0.05, 0) is 30.4 Å². The third-order valence-corrected chi connectivity index (χ3v) is 3.77. The molecule has 0 bridgehead atoms. The molecule has 1 heterocycles. The Morgan fingerprint density at radius 1 is 1.45 bits per heavy atom. The lowest BCUT2D eigenvalue weighted by atomic mass is 10.1. The Kier molecular flexibility index (Phi) is 4.57. The summed E-state index contributed by atoms with van der Waals surface area (Å²) in [6, 6.07) is 8.37. The summed E-state index contributed by atoms with van der Waals surface area (Å²) in [6.45, 7) is 2.81. The molecule has 4 N–H and O–H groups in total. The Labute approximate surface area is 122 Å². The molecule has 0 aliphatic heterocycles. The first kappa shape index (κ1) is 14.3. The first-order chi connectivity index (χ1) is 9.61. The van der Waals surface area contributed by atoms with Crippen LogP contribution in [0.3, 0.4) is 0 Å². The van der Waals surface area contributed by atoms with E-state index in [-0.39, 0.29) is 11.7 Å². The number of amides is 1. The van der Waals surface area contributed by atoms with Gasteiger partial charge < -0.3 is 16.4 Å². The fourth-order valence-electron chi connectivity index (χ4n) is 1.96. The molecule has 0 atom stereocenters. The largest absolute Gasteiger partial charge is 0.382 e. The molecule has 0 fully saturated rings. The van der Waals surface area contributed by atoms with E-state index in [1.807, 2.05) is 6.07 Å².